The van der Waals surface area contributed by atoms with Gasteiger partial charge in [-0.15, -0.1) is 0 Å². The first-order valence-corrected chi connectivity index (χ1v) is 9.33. The van der Waals surface area contributed by atoms with Gasteiger partial charge in [0.2, 0.25) is 0 Å². The minimum absolute atomic E-state index is 0.118. The highest BCUT2D eigenvalue weighted by molar-refractivity contribution is 5.93. The zero-order valence-corrected chi connectivity index (χ0v) is 15.6. The van der Waals surface area contributed by atoms with Crippen LogP contribution in [-0.4, -0.2) is 77.5 Å². The zero-order valence-electron chi connectivity index (χ0n) is 15.6. The maximum absolute atomic E-state index is 12.7. The van der Waals surface area contributed by atoms with Gasteiger partial charge in [-0.2, -0.15) is 0 Å². The third-order valence-electron chi connectivity index (χ3n) is 5.72. The van der Waals surface area contributed by atoms with Crippen molar-refractivity contribution in [3.8, 4) is 0 Å². The van der Waals surface area contributed by atoms with Crippen LogP contribution in [0, 0.1) is 5.92 Å². The van der Waals surface area contributed by atoms with Crippen LogP contribution >= 0.6 is 0 Å². The Hall–Kier alpha value is -1.66. The molecule has 0 saturated carbocycles. The van der Waals surface area contributed by atoms with Gasteiger partial charge >= 0.3 is 0 Å². The number of amides is 1. The highest BCUT2D eigenvalue weighted by Gasteiger charge is 2.29. The first kappa shape index (κ1) is 18.1. The van der Waals surface area contributed by atoms with Gasteiger partial charge in [-0.1, -0.05) is 0 Å². The van der Waals surface area contributed by atoms with Crippen molar-refractivity contribution < 1.29 is 4.79 Å². The summed E-state index contributed by atoms with van der Waals surface area (Å²) < 4.78 is 1.47. The van der Waals surface area contributed by atoms with Crippen LogP contribution in [-0.2, 0) is 7.05 Å². The number of piperazine rings is 1. The number of nitrogens with zero attached hydrogens (tertiary/aromatic N) is 4. The molecule has 0 aromatic carbocycles. The molecule has 0 aliphatic carbocycles. The molecule has 138 valence electrons. The molecule has 1 atom stereocenters. The average Bonchev–Trinajstić information content (AvgIpc) is 2.60. The monoisotopic (exact) mass is 346 g/mol. The van der Waals surface area contributed by atoms with Gasteiger partial charge < -0.3 is 14.4 Å². The Morgan fingerprint density at radius 1 is 1.16 bits per heavy atom. The summed E-state index contributed by atoms with van der Waals surface area (Å²) in [5, 5.41) is 0. The number of hydrogen-bond acceptors (Lipinski definition) is 4. The van der Waals surface area contributed by atoms with Gasteiger partial charge in [0.05, 0.1) is 0 Å². The molecule has 1 amide bonds. The summed E-state index contributed by atoms with van der Waals surface area (Å²) in [5.41, 5.74) is 0.0806. The van der Waals surface area contributed by atoms with E-state index in [1.165, 1.54) is 4.57 Å². The maximum atomic E-state index is 12.7. The Morgan fingerprint density at radius 2 is 1.88 bits per heavy atom. The van der Waals surface area contributed by atoms with E-state index < -0.39 is 0 Å². The molecule has 2 fully saturated rings. The Balaban J connectivity index is 1.54. The predicted octanol–water partition coefficient (Wildman–Crippen LogP) is 0.873. The van der Waals surface area contributed by atoms with E-state index in [9.17, 15) is 9.59 Å². The third-order valence-corrected chi connectivity index (χ3v) is 5.72. The molecule has 6 heteroatoms. The number of likely N-dealkylation sites (N-methyl/N-ethyl adjacent to an activating group) is 1. The first-order valence-electron chi connectivity index (χ1n) is 9.33. The molecule has 1 aromatic heterocycles. The molecule has 0 spiro atoms. The van der Waals surface area contributed by atoms with E-state index in [2.05, 4.69) is 23.8 Å². The summed E-state index contributed by atoms with van der Waals surface area (Å²) in [4.78, 5) is 31.6. The summed E-state index contributed by atoms with van der Waals surface area (Å²) in [6, 6.07) is 4.00. The molecular formula is C19H30N4O2. The lowest BCUT2D eigenvalue weighted by Gasteiger charge is -2.41. The van der Waals surface area contributed by atoms with Crippen LogP contribution in [0.3, 0.4) is 0 Å². The van der Waals surface area contributed by atoms with E-state index in [-0.39, 0.29) is 17.0 Å². The fourth-order valence-electron chi connectivity index (χ4n) is 4.03. The topological polar surface area (TPSA) is 48.8 Å². The maximum Gasteiger partial charge on any atom is 0.263 e. The minimum atomic E-state index is -0.208. The Kier molecular flexibility index (Phi) is 5.59. The van der Waals surface area contributed by atoms with Crippen LogP contribution in [0.4, 0.5) is 0 Å². The van der Waals surface area contributed by atoms with Gasteiger partial charge in [0, 0.05) is 58.6 Å². The van der Waals surface area contributed by atoms with E-state index in [0.29, 0.717) is 12.0 Å². The summed E-state index contributed by atoms with van der Waals surface area (Å²) in [6.45, 7) is 8.35. The average molecular weight is 346 g/mol. The molecular weight excluding hydrogens is 316 g/mol. The number of pyridine rings is 1. The summed E-state index contributed by atoms with van der Waals surface area (Å²) in [7, 11) is 3.87. The Bertz CT molecular complexity index is 664. The van der Waals surface area contributed by atoms with Crippen LogP contribution < -0.4 is 5.56 Å². The Labute approximate surface area is 150 Å². The molecule has 25 heavy (non-hydrogen) atoms. The van der Waals surface area contributed by atoms with Gasteiger partial charge in [-0.25, -0.2) is 0 Å². The highest BCUT2D eigenvalue weighted by atomic mass is 16.2. The number of aryl methyl sites for hydroxylation is 1. The second kappa shape index (κ2) is 7.70. The minimum Gasteiger partial charge on any atom is -0.338 e. The molecule has 2 aliphatic heterocycles. The molecule has 1 aromatic rings. The molecule has 3 rings (SSSR count). The number of carbonyl (C=O) groups is 1. The van der Waals surface area contributed by atoms with Crippen molar-refractivity contribution in [1.29, 1.82) is 0 Å². The molecule has 2 aliphatic rings. The number of piperidine rings is 1. The fraction of sp³-hybridized carbons (Fsp3) is 0.684. The Morgan fingerprint density at radius 3 is 2.56 bits per heavy atom. The van der Waals surface area contributed by atoms with Crippen molar-refractivity contribution in [2.45, 2.75) is 25.8 Å². The lowest BCUT2D eigenvalue weighted by Crippen LogP contribution is -2.52. The summed E-state index contributed by atoms with van der Waals surface area (Å²) >= 11 is 0. The molecule has 6 nitrogen and oxygen atoms in total. The SMILES string of the molecule is C[C@H]1CN(C)CCN1CC1CCN(C(=O)c2cccn(C)c2=O)CC1. The first-order chi connectivity index (χ1) is 12.0. The lowest BCUT2D eigenvalue weighted by molar-refractivity contribution is 0.0555. The van der Waals surface area contributed by atoms with Crippen LogP contribution in [0.2, 0.25) is 0 Å². The highest BCUT2D eigenvalue weighted by Crippen LogP contribution is 2.21. The quantitative estimate of drug-likeness (QED) is 0.815. The van der Waals surface area contributed by atoms with Crippen molar-refractivity contribution >= 4 is 5.91 Å². The second-order valence-electron chi connectivity index (χ2n) is 7.68. The number of hydrogen-bond donors (Lipinski definition) is 0. The lowest BCUT2D eigenvalue weighted by atomic mass is 9.95. The van der Waals surface area contributed by atoms with E-state index in [1.54, 1.807) is 25.4 Å². The van der Waals surface area contributed by atoms with Gasteiger partial charge in [-0.05, 0) is 44.9 Å². The van der Waals surface area contributed by atoms with Gasteiger partial charge in [0.15, 0.2) is 0 Å². The van der Waals surface area contributed by atoms with E-state index in [1.807, 2.05) is 4.90 Å². The number of aromatic nitrogens is 1. The van der Waals surface area contributed by atoms with Crippen molar-refractivity contribution in [3.05, 3.63) is 34.2 Å². The number of likely N-dealkylation sites (tertiary alicyclic amines) is 1. The van der Waals surface area contributed by atoms with Crippen LogP contribution in [0.15, 0.2) is 23.1 Å². The van der Waals surface area contributed by atoms with E-state index in [0.717, 1.165) is 52.1 Å². The molecule has 3 heterocycles. The van der Waals surface area contributed by atoms with E-state index in [4.69, 9.17) is 0 Å². The smallest absolute Gasteiger partial charge is 0.263 e. The summed E-state index contributed by atoms with van der Waals surface area (Å²) in [5.74, 6) is 0.529. The molecule has 0 radical (unpaired) electrons. The second-order valence-corrected chi connectivity index (χ2v) is 7.68. The fourth-order valence-corrected chi connectivity index (χ4v) is 4.03. The van der Waals surface area contributed by atoms with Crippen molar-refractivity contribution in [2.24, 2.45) is 13.0 Å². The number of rotatable bonds is 3. The zero-order chi connectivity index (χ0) is 18.0. The standard InChI is InChI=1S/C19H30N4O2/c1-15-13-20(2)11-12-23(15)14-16-6-9-22(10-7-16)19(25)17-5-4-8-21(3)18(17)24/h4-5,8,15-16H,6-7,9-14H2,1-3H3/t15-/m0/s1. The van der Waals surface area contributed by atoms with Crippen molar-refractivity contribution in [3.63, 3.8) is 0 Å². The molecule has 0 N–H and O–H groups in total. The summed E-state index contributed by atoms with van der Waals surface area (Å²) in [6.07, 6.45) is 3.73. The van der Waals surface area contributed by atoms with Crippen molar-refractivity contribution in [1.82, 2.24) is 19.3 Å². The van der Waals surface area contributed by atoms with Gasteiger partial charge in [0.25, 0.3) is 11.5 Å². The molecule has 2 saturated heterocycles. The molecule has 0 bridgehead atoms. The van der Waals surface area contributed by atoms with Crippen LogP contribution in [0.5, 0.6) is 0 Å². The predicted molar refractivity (Wildman–Crippen MR) is 98.8 cm³/mol. The molecule has 0 unspecified atom stereocenters. The number of carbonyl (C=O) groups excluding carboxylic acids is 1. The normalized spacial score (nSPS) is 23.8. The van der Waals surface area contributed by atoms with Gasteiger partial charge in [-0.3, -0.25) is 14.5 Å². The largest absolute Gasteiger partial charge is 0.338 e. The van der Waals surface area contributed by atoms with Crippen LogP contribution in [0.1, 0.15) is 30.1 Å². The van der Waals surface area contributed by atoms with Crippen molar-refractivity contribution in [2.75, 3.05) is 46.3 Å². The third kappa shape index (κ3) is 4.12. The van der Waals surface area contributed by atoms with E-state index >= 15 is 0 Å². The van der Waals surface area contributed by atoms with Gasteiger partial charge in [0.1, 0.15) is 5.56 Å². The van der Waals surface area contributed by atoms with Crippen LogP contribution in [0.25, 0.3) is 0 Å².